The van der Waals surface area contributed by atoms with Crippen LogP contribution >= 0.6 is 11.8 Å². The van der Waals surface area contributed by atoms with Gasteiger partial charge in [0.05, 0.1) is 32.1 Å². The molecule has 4 nitrogen and oxygen atoms in total. The van der Waals surface area contributed by atoms with Crippen molar-refractivity contribution in [3.8, 4) is 11.5 Å². The molecule has 0 unspecified atom stereocenters. The van der Waals surface area contributed by atoms with Crippen LogP contribution in [0.4, 0.5) is 11.4 Å². The molecule has 0 bridgehead atoms. The van der Waals surface area contributed by atoms with E-state index in [0.717, 1.165) is 11.4 Å². The standard InChI is InChI=1S/C10H11ClN2O2/c1-14-9-5-7-8(6-10(9)15-2)13(11)4-3-12-7/h3,5-6H,4H2,1-2H3. The number of hydrogen-bond acceptors (Lipinski definition) is 4. The molecule has 0 saturated heterocycles. The van der Waals surface area contributed by atoms with Crippen molar-refractivity contribution in [2.45, 2.75) is 0 Å². The van der Waals surface area contributed by atoms with Crippen LogP contribution in [0.1, 0.15) is 0 Å². The van der Waals surface area contributed by atoms with Crippen molar-refractivity contribution in [1.82, 2.24) is 0 Å². The zero-order chi connectivity index (χ0) is 10.8. The largest absolute Gasteiger partial charge is 0.493 e. The first-order chi connectivity index (χ1) is 7.26. The van der Waals surface area contributed by atoms with Crippen LogP contribution in [0.3, 0.4) is 0 Å². The maximum absolute atomic E-state index is 6.02. The van der Waals surface area contributed by atoms with Gasteiger partial charge in [-0.3, -0.25) is 9.41 Å². The SMILES string of the molecule is COc1cc2c(cc1OC)N(Cl)CC=N2. The summed E-state index contributed by atoms with van der Waals surface area (Å²) in [6.45, 7) is 0.587. The van der Waals surface area contributed by atoms with Crippen molar-refractivity contribution < 1.29 is 9.47 Å². The second kappa shape index (κ2) is 3.98. The van der Waals surface area contributed by atoms with Gasteiger partial charge in [-0.05, 0) is 0 Å². The molecule has 0 N–H and O–H groups in total. The van der Waals surface area contributed by atoms with E-state index in [4.69, 9.17) is 21.3 Å². The van der Waals surface area contributed by atoms with Gasteiger partial charge in [-0.25, -0.2) is 0 Å². The highest BCUT2D eigenvalue weighted by Crippen LogP contribution is 2.41. The summed E-state index contributed by atoms with van der Waals surface area (Å²) >= 11 is 6.02. The summed E-state index contributed by atoms with van der Waals surface area (Å²) in [5.41, 5.74) is 1.62. The lowest BCUT2D eigenvalue weighted by molar-refractivity contribution is 0.355. The lowest BCUT2D eigenvalue weighted by Gasteiger charge is -2.21. The minimum absolute atomic E-state index is 0.587. The Morgan fingerprint density at radius 1 is 1.27 bits per heavy atom. The van der Waals surface area contributed by atoms with Crippen LogP contribution in [-0.2, 0) is 0 Å². The molecule has 2 rings (SSSR count). The van der Waals surface area contributed by atoms with E-state index in [-0.39, 0.29) is 0 Å². The highest BCUT2D eigenvalue weighted by molar-refractivity contribution is 6.28. The van der Waals surface area contributed by atoms with E-state index in [1.165, 1.54) is 0 Å². The quantitative estimate of drug-likeness (QED) is 0.727. The van der Waals surface area contributed by atoms with Crippen molar-refractivity contribution in [1.29, 1.82) is 0 Å². The van der Waals surface area contributed by atoms with E-state index in [1.54, 1.807) is 30.9 Å². The Balaban J connectivity index is 2.54. The van der Waals surface area contributed by atoms with Crippen molar-refractivity contribution in [2.24, 2.45) is 4.99 Å². The molecule has 0 amide bonds. The minimum Gasteiger partial charge on any atom is -0.493 e. The molecule has 0 fully saturated rings. The van der Waals surface area contributed by atoms with Gasteiger partial charge in [0.25, 0.3) is 0 Å². The number of methoxy groups -OCH3 is 2. The zero-order valence-electron chi connectivity index (χ0n) is 8.53. The molecule has 0 saturated carbocycles. The van der Waals surface area contributed by atoms with E-state index in [9.17, 15) is 0 Å². The fraction of sp³-hybridized carbons (Fsp3) is 0.300. The Morgan fingerprint density at radius 3 is 2.60 bits per heavy atom. The normalized spacial score (nSPS) is 13.7. The Hall–Kier alpha value is -1.42. The first-order valence-corrected chi connectivity index (χ1v) is 4.82. The average Bonchev–Trinajstić information content (AvgIpc) is 2.28. The highest BCUT2D eigenvalue weighted by Gasteiger charge is 2.16. The number of anilines is 1. The number of benzene rings is 1. The second-order valence-electron chi connectivity index (χ2n) is 3.05. The maximum atomic E-state index is 6.02. The van der Waals surface area contributed by atoms with E-state index >= 15 is 0 Å². The first kappa shape index (κ1) is 10.1. The summed E-state index contributed by atoms with van der Waals surface area (Å²) in [6.07, 6.45) is 1.75. The monoisotopic (exact) mass is 226 g/mol. The van der Waals surface area contributed by atoms with Crippen LogP contribution in [0, 0.1) is 0 Å². The molecule has 1 heterocycles. The van der Waals surface area contributed by atoms with Crippen LogP contribution in [0.5, 0.6) is 11.5 Å². The van der Waals surface area contributed by atoms with Crippen molar-refractivity contribution in [3.63, 3.8) is 0 Å². The topological polar surface area (TPSA) is 34.1 Å². The number of hydrogen-bond donors (Lipinski definition) is 0. The maximum Gasteiger partial charge on any atom is 0.163 e. The predicted molar refractivity (Wildman–Crippen MR) is 60.9 cm³/mol. The second-order valence-corrected chi connectivity index (χ2v) is 3.46. The summed E-state index contributed by atoms with van der Waals surface area (Å²) in [7, 11) is 3.18. The van der Waals surface area contributed by atoms with Crippen molar-refractivity contribution >= 4 is 29.4 Å². The van der Waals surface area contributed by atoms with E-state index in [1.807, 2.05) is 6.07 Å². The van der Waals surface area contributed by atoms with Gasteiger partial charge in [-0.1, -0.05) is 0 Å². The van der Waals surface area contributed by atoms with E-state index in [2.05, 4.69) is 4.99 Å². The molecule has 0 aromatic heterocycles. The van der Waals surface area contributed by atoms with Gasteiger partial charge in [-0.2, -0.15) is 0 Å². The molecule has 1 aliphatic heterocycles. The molecule has 1 aromatic carbocycles. The number of rotatable bonds is 2. The summed E-state index contributed by atoms with van der Waals surface area (Å²) in [5.74, 6) is 1.30. The molecule has 80 valence electrons. The summed E-state index contributed by atoms with van der Waals surface area (Å²) in [4.78, 5) is 4.24. The van der Waals surface area contributed by atoms with Crippen LogP contribution in [-0.4, -0.2) is 27.0 Å². The fourth-order valence-corrected chi connectivity index (χ4v) is 1.66. The highest BCUT2D eigenvalue weighted by atomic mass is 35.5. The van der Waals surface area contributed by atoms with Crippen LogP contribution < -0.4 is 13.9 Å². The molecule has 1 aliphatic rings. The van der Waals surface area contributed by atoms with Crippen LogP contribution in [0.15, 0.2) is 17.1 Å². The molecule has 0 radical (unpaired) electrons. The molecule has 1 aromatic rings. The molecule has 5 heteroatoms. The summed E-state index contributed by atoms with van der Waals surface area (Å²) in [6, 6.07) is 3.62. The molecular weight excluding hydrogens is 216 g/mol. The lowest BCUT2D eigenvalue weighted by atomic mass is 10.2. The first-order valence-electron chi connectivity index (χ1n) is 4.48. The number of halogens is 1. The summed E-state index contributed by atoms with van der Waals surface area (Å²) < 4.78 is 12.0. The van der Waals surface area contributed by atoms with Gasteiger partial charge in [0.1, 0.15) is 0 Å². The zero-order valence-corrected chi connectivity index (χ0v) is 9.28. The van der Waals surface area contributed by atoms with Gasteiger partial charge in [0.2, 0.25) is 0 Å². The Bertz CT molecular complexity index is 407. The molecular formula is C10H11ClN2O2. The fourth-order valence-electron chi connectivity index (χ4n) is 1.46. The van der Waals surface area contributed by atoms with Gasteiger partial charge in [0.15, 0.2) is 11.5 Å². The van der Waals surface area contributed by atoms with E-state index < -0.39 is 0 Å². The molecule has 0 aliphatic carbocycles. The van der Waals surface area contributed by atoms with Crippen LogP contribution in [0.25, 0.3) is 0 Å². The smallest absolute Gasteiger partial charge is 0.163 e. The Morgan fingerprint density at radius 2 is 1.93 bits per heavy atom. The third kappa shape index (κ3) is 1.72. The van der Waals surface area contributed by atoms with E-state index in [0.29, 0.717) is 18.0 Å². The number of aliphatic imine (C=N–C) groups is 1. The minimum atomic E-state index is 0.587. The predicted octanol–water partition coefficient (Wildman–Crippen LogP) is 2.38. The lowest BCUT2D eigenvalue weighted by Crippen LogP contribution is -2.16. The van der Waals surface area contributed by atoms with Gasteiger partial charge < -0.3 is 9.47 Å². The molecule has 0 spiro atoms. The molecule has 0 atom stereocenters. The van der Waals surface area contributed by atoms with Crippen molar-refractivity contribution in [3.05, 3.63) is 12.1 Å². The third-order valence-corrected chi connectivity index (χ3v) is 2.53. The number of nitrogens with zero attached hydrogens (tertiary/aromatic N) is 2. The Kier molecular flexibility index (Phi) is 2.68. The number of fused-ring (bicyclic) bond motifs is 1. The molecule has 15 heavy (non-hydrogen) atoms. The van der Waals surface area contributed by atoms with Crippen molar-refractivity contribution in [2.75, 3.05) is 25.2 Å². The van der Waals surface area contributed by atoms with Gasteiger partial charge >= 0.3 is 0 Å². The summed E-state index contributed by atoms with van der Waals surface area (Å²) in [5, 5.41) is 0. The van der Waals surface area contributed by atoms with Gasteiger partial charge in [0, 0.05) is 30.1 Å². The Labute approximate surface area is 93.2 Å². The average molecular weight is 227 g/mol. The third-order valence-electron chi connectivity index (χ3n) is 2.21. The van der Waals surface area contributed by atoms with Gasteiger partial charge in [-0.15, -0.1) is 0 Å². The van der Waals surface area contributed by atoms with Crippen LogP contribution in [0.2, 0.25) is 0 Å². The number of ether oxygens (including phenoxy) is 2.